The summed E-state index contributed by atoms with van der Waals surface area (Å²) in [5, 5.41) is -0.895. The fourth-order valence-electron chi connectivity index (χ4n) is 2.61. The van der Waals surface area contributed by atoms with Crippen molar-refractivity contribution in [3.63, 3.8) is 0 Å². The second-order valence-electron chi connectivity index (χ2n) is 6.80. The predicted octanol–water partition coefficient (Wildman–Crippen LogP) is 4.35. The topological polar surface area (TPSA) is 94.3 Å². The minimum atomic E-state index is -4.71. The number of aliphatic imine (C=N–C) groups is 1. The number of aromatic nitrogens is 3. The lowest BCUT2D eigenvalue weighted by atomic mass is 10.2. The van der Waals surface area contributed by atoms with Crippen molar-refractivity contribution >= 4 is 38.5 Å². The summed E-state index contributed by atoms with van der Waals surface area (Å²) in [6.45, 7) is 5.81. The molecule has 0 radical (unpaired) electrons. The van der Waals surface area contributed by atoms with Crippen LogP contribution in [0.15, 0.2) is 27.8 Å². The van der Waals surface area contributed by atoms with E-state index in [2.05, 4.69) is 15.0 Å². The van der Waals surface area contributed by atoms with E-state index >= 15 is 0 Å². The van der Waals surface area contributed by atoms with E-state index in [1.165, 1.54) is 39.3 Å². The highest BCUT2D eigenvalue weighted by Crippen LogP contribution is 2.32. The number of hydrogen-bond acceptors (Lipinski definition) is 6. The maximum atomic E-state index is 13.4. The third kappa shape index (κ3) is 5.40. The lowest BCUT2D eigenvalue weighted by Crippen LogP contribution is -2.11. The van der Waals surface area contributed by atoms with Crippen LogP contribution in [0.25, 0.3) is 17.6 Å². The molecular weight excluding hydrogens is 457 g/mol. The van der Waals surface area contributed by atoms with Crippen LogP contribution in [-0.4, -0.2) is 45.8 Å². The number of imidazole rings is 1. The summed E-state index contributed by atoms with van der Waals surface area (Å²) in [4.78, 5) is 23.0. The second-order valence-corrected chi connectivity index (χ2v) is 9.39. The Kier molecular flexibility index (Phi) is 7.11. The van der Waals surface area contributed by atoms with E-state index in [0.717, 1.165) is 18.3 Å². The van der Waals surface area contributed by atoms with Gasteiger partial charge in [0.25, 0.3) is 5.24 Å². The number of sulfone groups is 1. The largest absolute Gasteiger partial charge is 0.433 e. The maximum absolute atomic E-state index is 13.4. The number of rotatable bonds is 6. The molecule has 0 aromatic carbocycles. The van der Waals surface area contributed by atoms with Crippen molar-refractivity contribution in [3.05, 3.63) is 34.9 Å². The molecule has 0 fully saturated rings. The molecule has 0 bridgehead atoms. The summed E-state index contributed by atoms with van der Waals surface area (Å²) in [6.07, 6.45) is -2.83. The Bertz CT molecular complexity index is 1190. The lowest BCUT2D eigenvalue weighted by molar-refractivity contribution is -0.0913. The highest BCUT2D eigenvalue weighted by molar-refractivity contribution is 7.91. The van der Waals surface area contributed by atoms with Gasteiger partial charge < -0.3 is 4.57 Å². The van der Waals surface area contributed by atoms with Gasteiger partial charge >= 0.3 is 6.18 Å². The smallest absolute Gasteiger partial charge is 0.329 e. The van der Waals surface area contributed by atoms with Crippen LogP contribution in [-0.2, 0) is 16.9 Å². The van der Waals surface area contributed by atoms with Crippen LogP contribution < -0.4 is 0 Å². The van der Waals surface area contributed by atoms with Gasteiger partial charge in [-0.2, -0.15) is 13.2 Å². The molecule has 0 amide bonds. The zero-order valence-electron chi connectivity index (χ0n) is 17.4. The Hall–Kier alpha value is -2.53. The van der Waals surface area contributed by atoms with Crippen molar-refractivity contribution in [1.29, 1.82) is 0 Å². The SMILES string of the molecule is CCS(=O)(=O)c1cc(C(=O)Cl)cnc1-c1nc(/C=C(\N=C(C)C)C(F)(F)F)c(C)n1C. The van der Waals surface area contributed by atoms with Gasteiger partial charge in [-0.1, -0.05) is 6.92 Å². The molecule has 2 heterocycles. The Morgan fingerprint density at radius 1 is 1.32 bits per heavy atom. The summed E-state index contributed by atoms with van der Waals surface area (Å²) in [6, 6.07) is 1.09. The molecule has 12 heteroatoms. The van der Waals surface area contributed by atoms with Crippen LogP contribution in [0.4, 0.5) is 13.2 Å². The molecule has 0 atom stereocenters. The molecule has 0 aliphatic rings. The summed E-state index contributed by atoms with van der Waals surface area (Å²) >= 11 is 5.45. The number of pyridine rings is 1. The number of allylic oxidation sites excluding steroid dienone is 1. The quantitative estimate of drug-likeness (QED) is 0.456. The standard InChI is InChI=1S/C19H20ClF3N4O3S/c1-6-31(29,30)14-7-12(17(20)28)9-24-16(14)18-26-13(11(4)27(18)5)8-15(19(21,22)23)25-10(2)3/h7-9H,6H2,1-5H3/b15-8-. The predicted molar refractivity (Wildman–Crippen MR) is 112 cm³/mol. The van der Waals surface area contributed by atoms with E-state index in [4.69, 9.17) is 11.6 Å². The van der Waals surface area contributed by atoms with E-state index in [0.29, 0.717) is 5.69 Å². The van der Waals surface area contributed by atoms with E-state index in [1.807, 2.05) is 0 Å². The monoisotopic (exact) mass is 476 g/mol. The van der Waals surface area contributed by atoms with Crippen molar-refractivity contribution in [2.75, 3.05) is 5.75 Å². The van der Waals surface area contributed by atoms with E-state index in [9.17, 15) is 26.4 Å². The Labute approximate surface area is 182 Å². The van der Waals surface area contributed by atoms with Gasteiger partial charge in [-0.05, 0) is 44.5 Å². The van der Waals surface area contributed by atoms with Crippen molar-refractivity contribution in [1.82, 2.24) is 14.5 Å². The van der Waals surface area contributed by atoms with Crippen molar-refractivity contribution < 1.29 is 26.4 Å². The number of hydrogen-bond donors (Lipinski definition) is 0. The molecule has 2 aromatic rings. The normalized spacial score (nSPS) is 12.7. The van der Waals surface area contributed by atoms with Crippen molar-refractivity contribution in [3.8, 4) is 11.5 Å². The third-order valence-corrected chi connectivity index (χ3v) is 6.29. The fourth-order valence-corrected chi connectivity index (χ4v) is 3.77. The molecule has 0 unspecified atom stereocenters. The number of nitrogens with zero attached hydrogens (tertiary/aromatic N) is 4. The molecule has 0 saturated heterocycles. The van der Waals surface area contributed by atoms with Gasteiger partial charge in [0, 0.05) is 24.7 Å². The number of carbonyl (C=O) groups excluding carboxylic acids is 1. The molecule has 0 aliphatic heterocycles. The van der Waals surface area contributed by atoms with Crippen LogP contribution in [0.1, 0.15) is 42.5 Å². The Balaban J connectivity index is 2.80. The molecule has 0 spiro atoms. The average Bonchev–Trinajstić information content (AvgIpc) is 2.94. The molecule has 0 aliphatic carbocycles. The Morgan fingerprint density at radius 3 is 2.42 bits per heavy atom. The third-order valence-electron chi connectivity index (χ3n) is 4.33. The first-order valence-electron chi connectivity index (χ1n) is 8.96. The van der Waals surface area contributed by atoms with Gasteiger partial charge in [0.05, 0.1) is 21.9 Å². The number of halogens is 4. The molecule has 0 saturated carbocycles. The van der Waals surface area contributed by atoms with Crippen molar-refractivity contribution in [2.24, 2.45) is 12.0 Å². The Morgan fingerprint density at radius 2 is 1.94 bits per heavy atom. The first kappa shape index (κ1) is 24.7. The zero-order chi connectivity index (χ0) is 23.7. The van der Waals surface area contributed by atoms with Crippen LogP contribution in [0, 0.1) is 6.92 Å². The number of carbonyl (C=O) groups is 1. The van der Waals surface area contributed by atoms with Gasteiger partial charge in [0.2, 0.25) is 0 Å². The minimum Gasteiger partial charge on any atom is -0.329 e. The summed E-state index contributed by atoms with van der Waals surface area (Å²) in [7, 11) is -2.34. The van der Waals surface area contributed by atoms with Crippen LogP contribution >= 0.6 is 11.6 Å². The van der Waals surface area contributed by atoms with E-state index < -0.39 is 27.0 Å². The summed E-state index contributed by atoms with van der Waals surface area (Å²) in [5.41, 5.74) is -0.878. The van der Waals surface area contributed by atoms with Gasteiger partial charge in [-0.3, -0.25) is 14.8 Å². The zero-order valence-corrected chi connectivity index (χ0v) is 18.9. The van der Waals surface area contributed by atoms with Gasteiger partial charge in [0.15, 0.2) is 15.7 Å². The molecule has 168 valence electrons. The van der Waals surface area contributed by atoms with Gasteiger partial charge in [0.1, 0.15) is 11.4 Å². The van der Waals surface area contributed by atoms with Crippen LogP contribution in [0.3, 0.4) is 0 Å². The highest BCUT2D eigenvalue weighted by atomic mass is 35.5. The highest BCUT2D eigenvalue weighted by Gasteiger charge is 2.34. The first-order valence-corrected chi connectivity index (χ1v) is 11.0. The van der Waals surface area contributed by atoms with Crippen molar-refractivity contribution in [2.45, 2.75) is 38.8 Å². The number of alkyl halides is 3. The second kappa shape index (κ2) is 8.91. The van der Waals surface area contributed by atoms with Gasteiger partial charge in [-0.15, -0.1) is 0 Å². The fraction of sp³-hybridized carbons (Fsp3) is 0.368. The summed E-state index contributed by atoms with van der Waals surface area (Å²) in [5.74, 6) is -0.274. The molecule has 31 heavy (non-hydrogen) atoms. The molecule has 0 N–H and O–H groups in total. The summed E-state index contributed by atoms with van der Waals surface area (Å²) < 4.78 is 66.7. The maximum Gasteiger partial charge on any atom is 0.433 e. The molecule has 7 nitrogen and oxygen atoms in total. The average molecular weight is 477 g/mol. The van der Waals surface area contributed by atoms with Crippen LogP contribution in [0.2, 0.25) is 0 Å². The molecule has 2 rings (SSSR count). The van der Waals surface area contributed by atoms with Crippen LogP contribution in [0.5, 0.6) is 0 Å². The molecular formula is C19H20ClF3N4O3S. The minimum absolute atomic E-state index is 0.0167. The van der Waals surface area contributed by atoms with E-state index in [-0.39, 0.29) is 39.1 Å². The lowest BCUT2D eigenvalue weighted by Gasteiger charge is -2.10. The molecule has 2 aromatic heterocycles. The van der Waals surface area contributed by atoms with E-state index in [1.54, 1.807) is 0 Å². The van der Waals surface area contributed by atoms with Gasteiger partial charge in [-0.25, -0.2) is 13.4 Å². The first-order chi connectivity index (χ1) is 14.2.